The first-order valence-corrected chi connectivity index (χ1v) is 12.2. The predicted octanol–water partition coefficient (Wildman–Crippen LogP) is 2.10. The van der Waals surface area contributed by atoms with Crippen molar-refractivity contribution in [2.75, 3.05) is 18.9 Å². The summed E-state index contributed by atoms with van der Waals surface area (Å²) in [6.45, 7) is 7.66. The Morgan fingerprint density at radius 1 is 1.49 bits per heavy atom. The summed E-state index contributed by atoms with van der Waals surface area (Å²) in [5.74, 6) is 0.224. The molecule has 0 saturated carbocycles. The molecule has 1 unspecified atom stereocenters. The molecule has 0 spiro atoms. The van der Waals surface area contributed by atoms with Crippen LogP contribution in [0.2, 0.25) is 0 Å². The lowest BCUT2D eigenvalue weighted by Gasteiger charge is -2.37. The van der Waals surface area contributed by atoms with Gasteiger partial charge in [0.25, 0.3) is 0 Å². The second kappa shape index (κ2) is 10.7. The molecule has 0 bridgehead atoms. The van der Waals surface area contributed by atoms with E-state index >= 15 is 0 Å². The van der Waals surface area contributed by atoms with Crippen molar-refractivity contribution in [1.82, 2.24) is 24.6 Å². The summed E-state index contributed by atoms with van der Waals surface area (Å²) < 4.78 is 37.9. The van der Waals surface area contributed by atoms with E-state index in [1.165, 1.54) is 6.33 Å². The van der Waals surface area contributed by atoms with Crippen LogP contribution in [0.4, 0.5) is 5.95 Å². The zero-order valence-electron chi connectivity index (χ0n) is 19.5. The fraction of sp³-hybridized carbons (Fsp3) is 0.667. The Hall–Kier alpha value is -3.09. The molecular formula is C18H26N9O7P. The molecule has 4 rings (SSSR count). The molecule has 35 heavy (non-hydrogen) atoms. The van der Waals surface area contributed by atoms with Gasteiger partial charge in [0.15, 0.2) is 17.4 Å². The van der Waals surface area contributed by atoms with Gasteiger partial charge in [-0.2, -0.15) is 19.6 Å². The molecular weight excluding hydrogens is 485 g/mol. The second-order valence-corrected chi connectivity index (χ2v) is 9.65. The molecule has 4 heterocycles. The summed E-state index contributed by atoms with van der Waals surface area (Å²) in [6, 6.07) is -0.101. The molecule has 2 aromatic heterocycles. The van der Waals surface area contributed by atoms with Gasteiger partial charge in [0.2, 0.25) is 11.8 Å². The summed E-state index contributed by atoms with van der Waals surface area (Å²) in [6.07, 6.45) is 0.0801. The molecule has 17 heteroatoms. The molecule has 0 radical (unpaired) electrons. The smallest absolute Gasteiger partial charge is 0.406 e. The third kappa shape index (κ3) is 5.14. The van der Waals surface area contributed by atoms with Crippen LogP contribution in [0.3, 0.4) is 0 Å². The quantitative estimate of drug-likeness (QED) is 0.236. The maximum Gasteiger partial charge on any atom is 0.406 e. The maximum atomic E-state index is 13.2. The lowest BCUT2D eigenvalue weighted by Crippen LogP contribution is -2.47. The van der Waals surface area contributed by atoms with E-state index in [1.54, 1.807) is 11.5 Å². The number of ether oxygens (including phenoxy) is 2. The largest absolute Gasteiger partial charge is 0.476 e. The molecule has 2 aliphatic rings. The molecule has 2 aromatic rings. The highest BCUT2D eigenvalue weighted by Crippen LogP contribution is 2.57. The maximum absolute atomic E-state index is 13.2. The van der Waals surface area contributed by atoms with Gasteiger partial charge in [-0.15, -0.1) is 0 Å². The summed E-state index contributed by atoms with van der Waals surface area (Å²) in [4.78, 5) is 32.0. The average molecular weight is 511 g/mol. The third-order valence-electron chi connectivity index (χ3n) is 5.57. The van der Waals surface area contributed by atoms with E-state index in [1.807, 2.05) is 20.8 Å². The molecule has 16 nitrogen and oxygen atoms in total. The Bertz CT molecular complexity index is 1200. The first-order chi connectivity index (χ1) is 16.7. The topological polar surface area (TPSA) is 219 Å². The van der Waals surface area contributed by atoms with Crippen molar-refractivity contribution in [3.63, 3.8) is 0 Å². The highest BCUT2D eigenvalue weighted by molar-refractivity contribution is 7.51. The van der Waals surface area contributed by atoms with Crippen molar-refractivity contribution < 1.29 is 32.7 Å². The lowest BCUT2D eigenvalue weighted by molar-refractivity contribution is -0.191. The molecule has 3 N–H and O–H groups in total. The average Bonchev–Trinajstić information content (AvgIpc) is 3.33. The second-order valence-electron chi connectivity index (χ2n) is 7.93. The molecule has 2 fully saturated rings. The first-order valence-electron chi connectivity index (χ1n) is 10.7. The molecule has 0 aliphatic carbocycles. The number of nitrogens with one attached hydrogen (secondary N) is 1. The minimum Gasteiger partial charge on any atom is -0.476 e. The van der Waals surface area contributed by atoms with Gasteiger partial charge in [-0.25, -0.2) is 14.6 Å². The number of aromatic nitrogens is 4. The Balaban J connectivity index is 0.00000108. The van der Waals surface area contributed by atoms with Crippen LogP contribution < -0.4 is 15.6 Å². The zero-order chi connectivity index (χ0) is 25.8. The third-order valence-corrected chi connectivity index (χ3v) is 7.32. The van der Waals surface area contributed by atoms with Gasteiger partial charge in [0, 0.05) is 11.0 Å². The van der Waals surface area contributed by atoms with Crippen molar-refractivity contribution in [2.24, 2.45) is 5.11 Å². The number of nitrogens with two attached hydrogens (primary N) is 1. The first kappa shape index (κ1) is 26.5. The van der Waals surface area contributed by atoms with E-state index in [0.29, 0.717) is 17.8 Å². The number of nitrogen functional groups attached to an aromatic ring is 1. The van der Waals surface area contributed by atoms with Gasteiger partial charge in [0.05, 0.1) is 19.5 Å². The highest BCUT2D eigenvalue weighted by atomic mass is 31.2. The number of fused-ring (bicyclic) bond motifs is 2. The van der Waals surface area contributed by atoms with Crippen molar-refractivity contribution >= 4 is 31.0 Å². The van der Waals surface area contributed by atoms with Gasteiger partial charge in [-0.1, -0.05) is 12.0 Å². The van der Waals surface area contributed by atoms with Crippen molar-refractivity contribution in [1.29, 1.82) is 0 Å². The van der Waals surface area contributed by atoms with Crippen molar-refractivity contribution in [2.45, 2.75) is 64.1 Å². The molecule has 2 aliphatic heterocycles. The van der Waals surface area contributed by atoms with Gasteiger partial charge in [-0.05, 0) is 32.7 Å². The molecule has 0 amide bonds. The van der Waals surface area contributed by atoms with E-state index < -0.39 is 31.7 Å². The Morgan fingerprint density at radius 3 is 2.83 bits per heavy atom. The number of hydrogen-bond acceptors (Lipinski definition) is 12. The van der Waals surface area contributed by atoms with Crippen LogP contribution in [0, 0.1) is 0 Å². The number of imidazole rings is 1. The van der Waals surface area contributed by atoms with E-state index in [2.05, 4.69) is 30.1 Å². The van der Waals surface area contributed by atoms with Crippen LogP contribution in [0.25, 0.3) is 21.6 Å². The normalized spacial score (nSPS) is 30.3. The number of nitrogens with zero attached hydrogens (tertiary/aromatic N) is 7. The zero-order valence-corrected chi connectivity index (χ0v) is 20.4. The van der Waals surface area contributed by atoms with E-state index in [9.17, 15) is 10.1 Å². The van der Waals surface area contributed by atoms with Gasteiger partial charge < -0.3 is 15.2 Å². The Kier molecular flexibility index (Phi) is 8.08. The summed E-state index contributed by atoms with van der Waals surface area (Å²) in [5, 5.41) is 6.90. The predicted molar refractivity (Wildman–Crippen MR) is 119 cm³/mol. The van der Waals surface area contributed by atoms with E-state index in [4.69, 9.17) is 33.8 Å². The van der Waals surface area contributed by atoms with Crippen LogP contribution in [0.5, 0.6) is 5.88 Å². The Morgan fingerprint density at radius 2 is 2.20 bits per heavy atom. The number of azide groups is 1. The fourth-order valence-corrected chi connectivity index (χ4v) is 5.75. The van der Waals surface area contributed by atoms with Crippen LogP contribution in [0.15, 0.2) is 11.4 Å². The van der Waals surface area contributed by atoms with Crippen LogP contribution in [-0.4, -0.2) is 62.7 Å². The van der Waals surface area contributed by atoms with Crippen LogP contribution in [0.1, 0.15) is 40.3 Å². The van der Waals surface area contributed by atoms with Gasteiger partial charge >= 0.3 is 13.9 Å². The van der Waals surface area contributed by atoms with Gasteiger partial charge in [-0.3, -0.25) is 13.6 Å². The van der Waals surface area contributed by atoms with Crippen molar-refractivity contribution in [3.8, 4) is 5.88 Å². The SMILES string of the molecule is CCOc1nc(N)nc2c1ncn2[C@@H]1O[C@@H]2COP(=O)(N[C@@H](C)CC)O[C@H]2[C@@]1(C)N=[N+]=[N-].O=C=O. The minimum absolute atomic E-state index is 0.00757. The lowest BCUT2D eigenvalue weighted by atomic mass is 9.93. The Labute approximate surface area is 199 Å². The minimum atomic E-state index is -3.64. The number of carbonyl (C=O) groups excluding carboxylic acids is 2. The molecule has 2 saturated heterocycles. The van der Waals surface area contributed by atoms with Crippen molar-refractivity contribution in [3.05, 3.63) is 16.8 Å². The summed E-state index contributed by atoms with van der Waals surface area (Å²) in [7, 11) is -3.64. The monoisotopic (exact) mass is 511 g/mol. The number of hydrogen-bond donors (Lipinski definition) is 2. The van der Waals surface area contributed by atoms with E-state index in [-0.39, 0.29) is 30.6 Å². The summed E-state index contributed by atoms with van der Waals surface area (Å²) in [5.41, 5.74) is 14.6. The van der Waals surface area contributed by atoms with Crippen LogP contribution >= 0.6 is 7.75 Å². The highest BCUT2D eigenvalue weighted by Gasteiger charge is 2.60. The molecule has 6 atom stereocenters. The number of anilines is 1. The van der Waals surface area contributed by atoms with Crippen LogP contribution in [-0.2, 0) is 27.9 Å². The number of rotatable bonds is 7. The van der Waals surface area contributed by atoms with Gasteiger partial charge in [0.1, 0.15) is 17.7 Å². The fourth-order valence-electron chi connectivity index (χ4n) is 3.84. The molecule has 190 valence electrons. The molecule has 0 aromatic carbocycles. The summed E-state index contributed by atoms with van der Waals surface area (Å²) >= 11 is 0. The van der Waals surface area contributed by atoms with E-state index in [0.717, 1.165) is 6.42 Å². The standard InChI is InChI=1S/C17H26N9O5P.CO2/c1-5-9(3)23-32(27)29-7-10-12(31-32)17(4,24-25-19)15(30-10)26-8-20-11-13(26)21-16(18)22-14(11)28-6-2;2-1-3/h8-10,12,15H,5-7H2,1-4H3,(H,23,27)(H2,18,21,22);/t9-,10+,12+,15+,17+,32?;/m0./s1.